The number of hydrogen-bond acceptors (Lipinski definition) is 4. The average molecular weight is 215 g/mol. The summed E-state index contributed by atoms with van der Waals surface area (Å²) in [5.74, 6) is 0. The fourth-order valence-electron chi connectivity index (χ4n) is 1.06. The predicted octanol–water partition coefficient (Wildman–Crippen LogP) is 1.59. The predicted molar refractivity (Wildman–Crippen MR) is 60.3 cm³/mol. The van der Waals surface area contributed by atoms with Crippen LogP contribution in [0.15, 0.2) is 4.99 Å². The summed E-state index contributed by atoms with van der Waals surface area (Å²) in [6.07, 6.45) is 5.79. The third-order valence-corrected chi connectivity index (χ3v) is 2.23. The van der Waals surface area contributed by atoms with Gasteiger partial charge in [-0.25, -0.2) is 0 Å². The van der Waals surface area contributed by atoms with Crippen molar-refractivity contribution in [1.82, 2.24) is 5.32 Å². The van der Waals surface area contributed by atoms with Gasteiger partial charge in [-0.15, -0.1) is 0 Å². The van der Waals surface area contributed by atoms with Gasteiger partial charge in [0.1, 0.15) is 0 Å². The van der Waals surface area contributed by atoms with Gasteiger partial charge in [-0.1, -0.05) is 25.1 Å². The normalized spacial score (nSPS) is 13.4. The van der Waals surface area contributed by atoms with E-state index in [1.165, 1.54) is 11.8 Å². The first-order chi connectivity index (χ1) is 6.78. The summed E-state index contributed by atoms with van der Waals surface area (Å²) in [5, 5.41) is 11.7. The van der Waals surface area contributed by atoms with Crippen molar-refractivity contribution < 1.29 is 4.74 Å². The molecule has 0 aliphatic heterocycles. The molecule has 1 unspecified atom stereocenters. The third kappa shape index (κ3) is 5.84. The minimum Gasteiger partial charge on any atom is -0.382 e. The molecule has 5 heteroatoms. The summed E-state index contributed by atoms with van der Waals surface area (Å²) in [5.41, 5.74) is 0. The molecule has 80 valence electrons. The van der Waals surface area contributed by atoms with Gasteiger partial charge in [-0.05, 0) is 12.7 Å². The molecule has 14 heavy (non-hydrogen) atoms. The number of nitrogens with zero attached hydrogens (tertiary/aromatic N) is 2. The molecule has 0 rings (SSSR count). The van der Waals surface area contributed by atoms with Crippen molar-refractivity contribution in [2.75, 3.05) is 20.0 Å². The Morgan fingerprint density at radius 1 is 1.71 bits per heavy atom. The van der Waals surface area contributed by atoms with Gasteiger partial charge in [0.15, 0.2) is 11.4 Å². The maximum Gasteiger partial charge on any atom is 0.183 e. The van der Waals surface area contributed by atoms with E-state index in [1.807, 2.05) is 12.4 Å². The molecule has 1 atom stereocenters. The van der Waals surface area contributed by atoms with Gasteiger partial charge in [0.25, 0.3) is 0 Å². The van der Waals surface area contributed by atoms with E-state index in [0.717, 1.165) is 12.8 Å². The number of aliphatic imine (C=N–C) groups is 1. The number of nitrogens with one attached hydrogen (secondary N) is 1. The van der Waals surface area contributed by atoms with Crippen molar-refractivity contribution in [3.8, 4) is 6.19 Å². The third-order valence-electron chi connectivity index (χ3n) is 1.64. The second kappa shape index (κ2) is 8.85. The van der Waals surface area contributed by atoms with Crippen molar-refractivity contribution in [2.24, 2.45) is 4.99 Å². The summed E-state index contributed by atoms with van der Waals surface area (Å²) < 4.78 is 5.05. The molecular formula is C9H17N3OS. The van der Waals surface area contributed by atoms with E-state index in [4.69, 9.17) is 10.00 Å². The molecule has 0 saturated carbocycles. The summed E-state index contributed by atoms with van der Waals surface area (Å²) >= 11 is 1.44. The lowest BCUT2D eigenvalue weighted by Crippen LogP contribution is -2.20. The van der Waals surface area contributed by atoms with Gasteiger partial charge in [0.2, 0.25) is 0 Å². The molecule has 0 fully saturated rings. The molecule has 4 nitrogen and oxygen atoms in total. The van der Waals surface area contributed by atoms with E-state index in [-0.39, 0.29) is 6.04 Å². The lowest BCUT2D eigenvalue weighted by atomic mass is 10.2. The zero-order valence-electron chi connectivity index (χ0n) is 8.91. The highest BCUT2D eigenvalue weighted by Crippen LogP contribution is 2.05. The highest BCUT2D eigenvalue weighted by atomic mass is 32.2. The molecule has 0 radical (unpaired) electrons. The first-order valence-electron chi connectivity index (χ1n) is 4.54. The first-order valence-corrected chi connectivity index (χ1v) is 5.76. The molecule has 0 aromatic carbocycles. The molecule has 0 spiro atoms. The highest BCUT2D eigenvalue weighted by molar-refractivity contribution is 8.13. The van der Waals surface area contributed by atoms with Crippen LogP contribution in [0, 0.1) is 11.5 Å². The van der Waals surface area contributed by atoms with Gasteiger partial charge in [-0.3, -0.25) is 10.3 Å². The largest absolute Gasteiger partial charge is 0.382 e. The topological polar surface area (TPSA) is 57.4 Å². The molecule has 0 aromatic rings. The quantitative estimate of drug-likeness (QED) is 0.327. The number of nitriles is 1. The Kier molecular flexibility index (Phi) is 8.39. The van der Waals surface area contributed by atoms with Crippen LogP contribution in [0.25, 0.3) is 0 Å². The maximum atomic E-state index is 8.45. The van der Waals surface area contributed by atoms with E-state index in [1.54, 1.807) is 7.11 Å². The number of hydrogen-bond donors (Lipinski definition) is 1. The zero-order valence-corrected chi connectivity index (χ0v) is 9.73. The van der Waals surface area contributed by atoms with Crippen LogP contribution in [-0.4, -0.2) is 31.2 Å². The first kappa shape index (κ1) is 13.3. The van der Waals surface area contributed by atoms with Crippen LogP contribution in [0.2, 0.25) is 0 Å². The van der Waals surface area contributed by atoms with E-state index in [0.29, 0.717) is 11.8 Å². The fourth-order valence-corrected chi connectivity index (χ4v) is 1.46. The van der Waals surface area contributed by atoms with Crippen molar-refractivity contribution in [3.63, 3.8) is 0 Å². The molecular weight excluding hydrogens is 198 g/mol. The van der Waals surface area contributed by atoms with E-state index >= 15 is 0 Å². The van der Waals surface area contributed by atoms with Crippen molar-refractivity contribution in [3.05, 3.63) is 0 Å². The molecule has 1 N–H and O–H groups in total. The minimum absolute atomic E-state index is 0.147. The summed E-state index contributed by atoms with van der Waals surface area (Å²) in [4.78, 5) is 4.38. The Morgan fingerprint density at radius 3 is 2.86 bits per heavy atom. The molecule has 0 aliphatic carbocycles. The van der Waals surface area contributed by atoms with Crippen LogP contribution in [0.3, 0.4) is 0 Å². The number of rotatable bonds is 5. The smallest absolute Gasteiger partial charge is 0.183 e. The monoisotopic (exact) mass is 215 g/mol. The summed E-state index contributed by atoms with van der Waals surface area (Å²) in [7, 11) is 1.66. The van der Waals surface area contributed by atoms with Gasteiger partial charge in [-0.2, -0.15) is 5.26 Å². The second-order valence-corrected chi connectivity index (χ2v) is 3.57. The molecule has 0 amide bonds. The van der Waals surface area contributed by atoms with Gasteiger partial charge in [0.05, 0.1) is 12.6 Å². The fraction of sp³-hybridized carbons (Fsp3) is 0.778. The lowest BCUT2D eigenvalue weighted by Gasteiger charge is -2.11. The Hall–Kier alpha value is -0.730. The van der Waals surface area contributed by atoms with Crippen LogP contribution >= 0.6 is 11.8 Å². The SMILES string of the molecule is CCCC(COC)N=C(NC#N)SC. The van der Waals surface area contributed by atoms with Crippen LogP contribution in [0.4, 0.5) is 0 Å². The Balaban J connectivity index is 4.26. The lowest BCUT2D eigenvalue weighted by molar-refractivity contribution is 0.177. The summed E-state index contributed by atoms with van der Waals surface area (Å²) in [6.45, 7) is 2.71. The Morgan fingerprint density at radius 2 is 2.43 bits per heavy atom. The molecule has 0 aromatic heterocycles. The van der Waals surface area contributed by atoms with Crippen LogP contribution in [0.1, 0.15) is 19.8 Å². The molecule has 0 saturated heterocycles. The van der Waals surface area contributed by atoms with Gasteiger partial charge >= 0.3 is 0 Å². The van der Waals surface area contributed by atoms with Crippen molar-refractivity contribution in [1.29, 1.82) is 5.26 Å². The number of ether oxygens (including phenoxy) is 1. The number of thioether (sulfide) groups is 1. The van der Waals surface area contributed by atoms with Crippen LogP contribution in [-0.2, 0) is 4.74 Å². The van der Waals surface area contributed by atoms with E-state index in [9.17, 15) is 0 Å². The zero-order chi connectivity index (χ0) is 10.8. The average Bonchev–Trinajstić information content (AvgIpc) is 2.18. The van der Waals surface area contributed by atoms with Gasteiger partial charge in [0, 0.05) is 7.11 Å². The van der Waals surface area contributed by atoms with Crippen molar-refractivity contribution in [2.45, 2.75) is 25.8 Å². The molecule has 0 heterocycles. The van der Waals surface area contributed by atoms with Crippen molar-refractivity contribution >= 4 is 16.9 Å². The standard InChI is InChI=1S/C9H17N3OS/c1-4-5-8(6-13-2)12-9(14-3)11-7-10/h8H,4-6H2,1-3H3,(H,11,12). The van der Waals surface area contributed by atoms with E-state index < -0.39 is 0 Å². The maximum absolute atomic E-state index is 8.45. The van der Waals surface area contributed by atoms with Crippen LogP contribution in [0.5, 0.6) is 0 Å². The summed E-state index contributed by atoms with van der Waals surface area (Å²) in [6, 6.07) is 0.147. The second-order valence-electron chi connectivity index (χ2n) is 2.77. The van der Waals surface area contributed by atoms with E-state index in [2.05, 4.69) is 17.2 Å². The van der Waals surface area contributed by atoms with Gasteiger partial charge < -0.3 is 4.74 Å². The Labute approximate surface area is 89.7 Å². The van der Waals surface area contributed by atoms with Crippen LogP contribution < -0.4 is 5.32 Å². The Bertz CT molecular complexity index is 207. The minimum atomic E-state index is 0.147. The molecule has 0 bridgehead atoms. The highest BCUT2D eigenvalue weighted by Gasteiger charge is 2.06. The number of amidine groups is 1. The number of methoxy groups -OCH3 is 1. The molecule has 0 aliphatic rings.